The molecule has 0 radical (unpaired) electrons. The molecule has 0 fully saturated rings. The number of aryl methyl sites for hydroxylation is 1. The Hall–Kier alpha value is -2.32. The Morgan fingerprint density at radius 2 is 1.92 bits per heavy atom. The predicted molar refractivity (Wildman–Crippen MR) is 103 cm³/mol. The van der Waals surface area contributed by atoms with E-state index < -0.39 is 11.8 Å². The van der Waals surface area contributed by atoms with Crippen molar-refractivity contribution in [3.8, 4) is 5.69 Å². The van der Waals surface area contributed by atoms with Crippen LogP contribution in [0.15, 0.2) is 24.3 Å². The Morgan fingerprint density at radius 1 is 1.19 bits per heavy atom. The van der Waals surface area contributed by atoms with Gasteiger partial charge in [-0.3, -0.25) is 9.59 Å². The van der Waals surface area contributed by atoms with Gasteiger partial charge in [-0.1, -0.05) is 17.7 Å². The van der Waals surface area contributed by atoms with Crippen molar-refractivity contribution >= 4 is 29.4 Å². The second kappa shape index (κ2) is 7.92. The SMILES string of the molecule is Cc1ccc(-n2nc3c(c2NC(=O)C(=O)NCCN(C)C)CSC3)cc1. The third kappa shape index (κ3) is 4.08. The molecule has 2 heterocycles. The van der Waals surface area contributed by atoms with Gasteiger partial charge in [0, 0.05) is 30.2 Å². The van der Waals surface area contributed by atoms with Gasteiger partial charge in [-0.2, -0.15) is 16.9 Å². The highest BCUT2D eigenvalue weighted by Gasteiger charge is 2.26. The average molecular weight is 373 g/mol. The van der Waals surface area contributed by atoms with Gasteiger partial charge in [-0.15, -0.1) is 0 Å². The quantitative estimate of drug-likeness (QED) is 0.778. The van der Waals surface area contributed by atoms with Crippen LogP contribution in [-0.4, -0.2) is 53.7 Å². The summed E-state index contributed by atoms with van der Waals surface area (Å²) < 4.78 is 1.72. The molecule has 0 spiro atoms. The molecule has 138 valence electrons. The van der Waals surface area contributed by atoms with Crippen LogP contribution in [0.3, 0.4) is 0 Å². The number of carbonyl (C=O) groups excluding carboxylic acids is 2. The van der Waals surface area contributed by atoms with Gasteiger partial charge < -0.3 is 15.5 Å². The van der Waals surface area contributed by atoms with Crippen molar-refractivity contribution in [2.24, 2.45) is 0 Å². The summed E-state index contributed by atoms with van der Waals surface area (Å²) in [6, 6.07) is 7.90. The molecule has 8 heteroatoms. The highest BCUT2D eigenvalue weighted by atomic mass is 32.2. The number of amides is 2. The Labute approximate surface area is 157 Å². The minimum atomic E-state index is -0.670. The average Bonchev–Trinajstić information content (AvgIpc) is 3.18. The molecule has 0 unspecified atom stereocenters. The first-order chi connectivity index (χ1) is 12.5. The molecule has 7 nitrogen and oxygen atoms in total. The molecule has 1 aliphatic heterocycles. The van der Waals surface area contributed by atoms with Crippen LogP contribution in [-0.2, 0) is 21.1 Å². The highest BCUT2D eigenvalue weighted by Crippen LogP contribution is 2.36. The summed E-state index contributed by atoms with van der Waals surface area (Å²) in [5.41, 5.74) is 3.96. The fourth-order valence-electron chi connectivity index (χ4n) is 2.65. The molecule has 2 amide bonds. The van der Waals surface area contributed by atoms with E-state index >= 15 is 0 Å². The Kier molecular flexibility index (Phi) is 5.63. The largest absolute Gasteiger partial charge is 0.347 e. The molecule has 0 saturated carbocycles. The number of anilines is 1. The van der Waals surface area contributed by atoms with Crippen LogP contribution in [0, 0.1) is 6.92 Å². The normalized spacial score (nSPS) is 12.9. The van der Waals surface area contributed by atoms with E-state index in [0.717, 1.165) is 34.0 Å². The lowest BCUT2D eigenvalue weighted by Gasteiger charge is -2.12. The number of nitrogens with zero attached hydrogens (tertiary/aromatic N) is 3. The number of fused-ring (bicyclic) bond motifs is 1. The van der Waals surface area contributed by atoms with E-state index in [2.05, 4.69) is 15.7 Å². The van der Waals surface area contributed by atoms with Gasteiger partial charge in [-0.05, 0) is 33.2 Å². The van der Waals surface area contributed by atoms with E-state index in [1.54, 1.807) is 16.4 Å². The summed E-state index contributed by atoms with van der Waals surface area (Å²) in [5, 5.41) is 10.0. The van der Waals surface area contributed by atoms with Gasteiger partial charge >= 0.3 is 11.8 Å². The number of hydrogen-bond acceptors (Lipinski definition) is 5. The standard InChI is InChI=1S/C18H23N5O2S/c1-12-4-6-13(7-5-12)23-16(14-10-26-11-15(14)21-23)20-18(25)17(24)19-8-9-22(2)3/h4-7H,8-11H2,1-3H3,(H,19,24)(H,20,25). The molecule has 1 aliphatic rings. The van der Waals surface area contributed by atoms with E-state index in [4.69, 9.17) is 0 Å². The summed E-state index contributed by atoms with van der Waals surface area (Å²) in [4.78, 5) is 26.3. The lowest BCUT2D eigenvalue weighted by Crippen LogP contribution is -2.39. The molecular formula is C18H23N5O2S. The van der Waals surface area contributed by atoms with Gasteiger partial charge in [0.05, 0.1) is 11.4 Å². The number of rotatable bonds is 5. The van der Waals surface area contributed by atoms with Crippen LogP contribution in [0.4, 0.5) is 5.82 Å². The lowest BCUT2D eigenvalue weighted by atomic mass is 10.2. The van der Waals surface area contributed by atoms with Gasteiger partial charge in [0.2, 0.25) is 0 Å². The van der Waals surface area contributed by atoms with Crippen LogP contribution < -0.4 is 10.6 Å². The molecule has 0 atom stereocenters. The number of likely N-dealkylation sites (N-methyl/N-ethyl adjacent to an activating group) is 1. The maximum atomic E-state index is 12.3. The third-order valence-electron chi connectivity index (χ3n) is 4.11. The fourth-order valence-corrected chi connectivity index (χ4v) is 3.69. The van der Waals surface area contributed by atoms with Crippen molar-refractivity contribution in [2.45, 2.75) is 18.4 Å². The van der Waals surface area contributed by atoms with E-state index in [-0.39, 0.29) is 0 Å². The Bertz CT molecular complexity index is 814. The van der Waals surface area contributed by atoms with Crippen molar-refractivity contribution in [1.29, 1.82) is 0 Å². The van der Waals surface area contributed by atoms with Gasteiger partial charge in [0.25, 0.3) is 0 Å². The lowest BCUT2D eigenvalue weighted by molar-refractivity contribution is -0.136. The zero-order valence-corrected chi connectivity index (χ0v) is 16.0. The first-order valence-corrected chi connectivity index (χ1v) is 9.60. The fraction of sp³-hybridized carbons (Fsp3) is 0.389. The zero-order valence-electron chi connectivity index (χ0n) is 15.2. The van der Waals surface area contributed by atoms with E-state index in [1.165, 1.54) is 0 Å². The second-order valence-electron chi connectivity index (χ2n) is 6.53. The van der Waals surface area contributed by atoms with Crippen molar-refractivity contribution < 1.29 is 9.59 Å². The Morgan fingerprint density at radius 3 is 2.62 bits per heavy atom. The summed E-state index contributed by atoms with van der Waals surface area (Å²) in [6.45, 7) is 3.11. The number of aromatic nitrogens is 2. The van der Waals surface area contributed by atoms with Gasteiger partial charge in [-0.25, -0.2) is 4.68 Å². The maximum Gasteiger partial charge on any atom is 0.314 e. The molecule has 1 aromatic heterocycles. The first-order valence-electron chi connectivity index (χ1n) is 8.45. The molecule has 0 aliphatic carbocycles. The number of thioether (sulfide) groups is 1. The third-order valence-corrected chi connectivity index (χ3v) is 5.08. The van der Waals surface area contributed by atoms with Crippen molar-refractivity contribution in [1.82, 2.24) is 20.0 Å². The van der Waals surface area contributed by atoms with Crippen molar-refractivity contribution in [3.05, 3.63) is 41.1 Å². The maximum absolute atomic E-state index is 12.3. The van der Waals surface area contributed by atoms with Crippen molar-refractivity contribution in [2.75, 3.05) is 32.5 Å². The summed E-state index contributed by atoms with van der Waals surface area (Å²) >= 11 is 1.75. The number of hydrogen-bond donors (Lipinski definition) is 2. The van der Waals surface area contributed by atoms with Crippen LogP contribution in [0.25, 0.3) is 5.69 Å². The summed E-state index contributed by atoms with van der Waals surface area (Å²) in [6.07, 6.45) is 0. The molecule has 0 bridgehead atoms. The zero-order chi connectivity index (χ0) is 18.7. The van der Waals surface area contributed by atoms with E-state index in [1.807, 2.05) is 50.2 Å². The van der Waals surface area contributed by atoms with Crippen LogP contribution in [0.2, 0.25) is 0 Å². The van der Waals surface area contributed by atoms with Gasteiger partial charge in [0.15, 0.2) is 0 Å². The first kappa shape index (κ1) is 18.5. The molecular weight excluding hydrogens is 350 g/mol. The monoisotopic (exact) mass is 373 g/mol. The second-order valence-corrected chi connectivity index (χ2v) is 7.51. The van der Waals surface area contributed by atoms with Crippen LogP contribution in [0.1, 0.15) is 16.8 Å². The topological polar surface area (TPSA) is 79.3 Å². The molecule has 1 aromatic carbocycles. The van der Waals surface area contributed by atoms with E-state index in [9.17, 15) is 9.59 Å². The van der Waals surface area contributed by atoms with Crippen molar-refractivity contribution in [3.63, 3.8) is 0 Å². The molecule has 3 rings (SSSR count). The van der Waals surface area contributed by atoms with E-state index in [0.29, 0.717) is 18.9 Å². The number of benzene rings is 1. The summed E-state index contributed by atoms with van der Waals surface area (Å²) in [5.74, 6) is 0.867. The highest BCUT2D eigenvalue weighted by molar-refractivity contribution is 7.98. The minimum absolute atomic E-state index is 0.421. The number of carbonyl (C=O) groups is 2. The smallest absolute Gasteiger partial charge is 0.314 e. The Balaban J connectivity index is 1.79. The summed E-state index contributed by atoms with van der Waals surface area (Å²) in [7, 11) is 3.82. The van der Waals surface area contributed by atoms with Crippen LogP contribution >= 0.6 is 11.8 Å². The predicted octanol–water partition coefficient (Wildman–Crippen LogP) is 1.54. The number of nitrogens with one attached hydrogen (secondary N) is 2. The van der Waals surface area contributed by atoms with Crippen LogP contribution in [0.5, 0.6) is 0 Å². The minimum Gasteiger partial charge on any atom is -0.347 e. The molecule has 2 N–H and O–H groups in total. The van der Waals surface area contributed by atoms with Gasteiger partial charge in [0.1, 0.15) is 5.82 Å². The molecule has 0 saturated heterocycles. The molecule has 26 heavy (non-hydrogen) atoms. The molecule has 2 aromatic rings.